The van der Waals surface area contributed by atoms with Crippen LogP contribution < -0.4 is 5.32 Å². The zero-order valence-electron chi connectivity index (χ0n) is 9.70. The number of aromatic nitrogens is 1. The number of hydrogen-bond donors (Lipinski definition) is 1. The number of pyridine rings is 1. The van der Waals surface area contributed by atoms with Crippen LogP contribution in [0.3, 0.4) is 0 Å². The monoisotopic (exact) mass is 218 g/mol. The molecule has 0 spiro atoms. The maximum atomic E-state index is 11.5. The minimum absolute atomic E-state index is 0.228. The van der Waals surface area contributed by atoms with Gasteiger partial charge in [0.05, 0.1) is 0 Å². The van der Waals surface area contributed by atoms with Crippen LogP contribution in [-0.2, 0) is 11.2 Å². The van der Waals surface area contributed by atoms with Crippen LogP contribution in [0.25, 0.3) is 0 Å². The number of aryl methyl sites for hydroxylation is 1. The van der Waals surface area contributed by atoms with Crippen molar-refractivity contribution in [1.29, 1.82) is 0 Å². The van der Waals surface area contributed by atoms with E-state index in [0.29, 0.717) is 0 Å². The molecule has 0 aliphatic heterocycles. The maximum Gasteiger partial charge on any atom is 0.223 e. The van der Waals surface area contributed by atoms with Crippen molar-refractivity contribution >= 4 is 5.91 Å². The molecule has 0 saturated heterocycles. The van der Waals surface area contributed by atoms with E-state index in [1.54, 1.807) is 0 Å². The second-order valence-electron chi connectivity index (χ2n) is 4.48. The zero-order chi connectivity index (χ0) is 11.4. The van der Waals surface area contributed by atoms with E-state index in [1.165, 1.54) is 12.0 Å². The van der Waals surface area contributed by atoms with Crippen molar-refractivity contribution in [1.82, 2.24) is 10.3 Å². The maximum absolute atomic E-state index is 11.5. The summed E-state index contributed by atoms with van der Waals surface area (Å²) < 4.78 is 0. The van der Waals surface area contributed by atoms with Gasteiger partial charge in [0.1, 0.15) is 0 Å². The molecule has 2 rings (SSSR count). The average Bonchev–Trinajstić information content (AvgIpc) is 2.18. The van der Waals surface area contributed by atoms with Gasteiger partial charge in [-0.05, 0) is 37.8 Å². The average molecular weight is 218 g/mol. The van der Waals surface area contributed by atoms with Crippen molar-refractivity contribution in [2.45, 2.75) is 32.6 Å². The first-order valence-corrected chi connectivity index (χ1v) is 5.95. The third-order valence-corrected chi connectivity index (χ3v) is 3.16. The van der Waals surface area contributed by atoms with Crippen molar-refractivity contribution in [3.8, 4) is 0 Å². The van der Waals surface area contributed by atoms with E-state index in [4.69, 9.17) is 0 Å². The molecule has 0 aromatic carbocycles. The number of nitrogens with zero attached hydrogens (tertiary/aromatic N) is 1. The first-order chi connectivity index (χ1) is 7.75. The van der Waals surface area contributed by atoms with Crippen LogP contribution >= 0.6 is 0 Å². The highest BCUT2D eigenvalue weighted by atomic mass is 16.1. The third-order valence-electron chi connectivity index (χ3n) is 3.16. The molecule has 1 fully saturated rings. The molecule has 0 bridgehead atoms. The van der Waals surface area contributed by atoms with Gasteiger partial charge in [0, 0.05) is 24.4 Å². The topological polar surface area (TPSA) is 42.0 Å². The van der Waals surface area contributed by atoms with Crippen LogP contribution in [0.4, 0.5) is 0 Å². The van der Waals surface area contributed by atoms with E-state index >= 15 is 0 Å². The van der Waals surface area contributed by atoms with Gasteiger partial charge in [-0.25, -0.2) is 0 Å². The van der Waals surface area contributed by atoms with E-state index in [1.807, 2.05) is 19.2 Å². The minimum atomic E-state index is 0.228. The van der Waals surface area contributed by atoms with Gasteiger partial charge in [0.15, 0.2) is 0 Å². The molecule has 1 aromatic rings. The molecule has 1 saturated carbocycles. The molecule has 1 aliphatic carbocycles. The van der Waals surface area contributed by atoms with Gasteiger partial charge >= 0.3 is 0 Å². The fourth-order valence-corrected chi connectivity index (χ4v) is 1.79. The van der Waals surface area contributed by atoms with Crippen LogP contribution in [0.15, 0.2) is 18.3 Å². The standard InChI is InChI=1S/C13H18N2O/c1-10-5-6-11(9-15-10)7-8-14-13(16)12-3-2-4-12/h5-6,9,12H,2-4,7-8H2,1H3,(H,14,16). The van der Waals surface area contributed by atoms with Gasteiger partial charge in [0.25, 0.3) is 0 Å². The normalized spacial score (nSPS) is 15.6. The number of amides is 1. The van der Waals surface area contributed by atoms with E-state index in [9.17, 15) is 4.79 Å². The summed E-state index contributed by atoms with van der Waals surface area (Å²) in [7, 11) is 0. The van der Waals surface area contributed by atoms with Gasteiger partial charge in [-0.1, -0.05) is 12.5 Å². The Morgan fingerprint density at radius 3 is 2.88 bits per heavy atom. The van der Waals surface area contributed by atoms with Crippen molar-refractivity contribution < 1.29 is 4.79 Å². The number of carbonyl (C=O) groups is 1. The molecular formula is C13H18N2O. The lowest BCUT2D eigenvalue weighted by molar-refractivity contribution is -0.127. The number of hydrogen-bond acceptors (Lipinski definition) is 2. The van der Waals surface area contributed by atoms with Crippen LogP contribution in [0.5, 0.6) is 0 Å². The molecule has 16 heavy (non-hydrogen) atoms. The lowest BCUT2D eigenvalue weighted by atomic mass is 9.85. The molecule has 0 unspecified atom stereocenters. The Balaban J connectivity index is 1.71. The minimum Gasteiger partial charge on any atom is -0.356 e. The Hall–Kier alpha value is -1.38. The summed E-state index contributed by atoms with van der Waals surface area (Å²) in [6, 6.07) is 4.07. The third kappa shape index (κ3) is 2.81. The Kier molecular flexibility index (Phi) is 3.54. The van der Waals surface area contributed by atoms with Gasteiger partial charge in [0.2, 0.25) is 5.91 Å². The molecule has 1 aliphatic rings. The highest BCUT2D eigenvalue weighted by molar-refractivity contribution is 5.79. The highest BCUT2D eigenvalue weighted by Gasteiger charge is 2.24. The smallest absolute Gasteiger partial charge is 0.223 e. The largest absolute Gasteiger partial charge is 0.356 e. The van der Waals surface area contributed by atoms with Gasteiger partial charge in [-0.15, -0.1) is 0 Å². The summed E-state index contributed by atoms with van der Waals surface area (Å²) in [5, 5.41) is 2.98. The summed E-state index contributed by atoms with van der Waals surface area (Å²) in [6.07, 6.45) is 6.09. The summed E-state index contributed by atoms with van der Waals surface area (Å²) in [5.74, 6) is 0.516. The van der Waals surface area contributed by atoms with Crippen LogP contribution in [0.2, 0.25) is 0 Å². The van der Waals surface area contributed by atoms with Crippen LogP contribution in [0.1, 0.15) is 30.5 Å². The number of carbonyl (C=O) groups excluding carboxylic acids is 1. The Labute approximate surface area is 96.3 Å². The van der Waals surface area contributed by atoms with Crippen molar-refractivity contribution in [2.24, 2.45) is 5.92 Å². The molecule has 1 heterocycles. The molecule has 3 heteroatoms. The lowest BCUT2D eigenvalue weighted by Gasteiger charge is -2.23. The molecule has 1 aromatic heterocycles. The predicted molar refractivity (Wildman–Crippen MR) is 63.0 cm³/mol. The fourth-order valence-electron chi connectivity index (χ4n) is 1.79. The lowest BCUT2D eigenvalue weighted by Crippen LogP contribution is -2.35. The van der Waals surface area contributed by atoms with Gasteiger partial charge in [-0.3, -0.25) is 9.78 Å². The quantitative estimate of drug-likeness (QED) is 0.838. The summed E-state index contributed by atoms with van der Waals surface area (Å²) in [5.41, 5.74) is 2.21. The van der Waals surface area contributed by atoms with Crippen molar-refractivity contribution in [3.63, 3.8) is 0 Å². The molecule has 0 atom stereocenters. The van der Waals surface area contributed by atoms with Crippen LogP contribution in [0, 0.1) is 12.8 Å². The predicted octanol–water partition coefficient (Wildman–Crippen LogP) is 1.85. The summed E-state index contributed by atoms with van der Waals surface area (Å²) >= 11 is 0. The van der Waals surface area contributed by atoms with Crippen molar-refractivity contribution in [3.05, 3.63) is 29.6 Å². The Morgan fingerprint density at radius 2 is 2.31 bits per heavy atom. The zero-order valence-corrected chi connectivity index (χ0v) is 9.70. The molecular weight excluding hydrogens is 200 g/mol. The van der Waals surface area contributed by atoms with Gasteiger partial charge in [-0.2, -0.15) is 0 Å². The number of nitrogens with one attached hydrogen (secondary N) is 1. The first-order valence-electron chi connectivity index (χ1n) is 5.95. The van der Waals surface area contributed by atoms with Gasteiger partial charge < -0.3 is 5.32 Å². The highest BCUT2D eigenvalue weighted by Crippen LogP contribution is 2.25. The molecule has 1 N–H and O–H groups in total. The van der Waals surface area contributed by atoms with E-state index in [-0.39, 0.29) is 11.8 Å². The Morgan fingerprint density at radius 1 is 1.50 bits per heavy atom. The molecule has 86 valence electrons. The SMILES string of the molecule is Cc1ccc(CCNC(=O)C2CCC2)cn1. The number of rotatable bonds is 4. The molecule has 1 amide bonds. The first kappa shape index (κ1) is 11.1. The molecule has 3 nitrogen and oxygen atoms in total. The summed E-state index contributed by atoms with van der Waals surface area (Å²) in [6.45, 7) is 2.70. The fraction of sp³-hybridized carbons (Fsp3) is 0.538. The van der Waals surface area contributed by atoms with Crippen molar-refractivity contribution in [2.75, 3.05) is 6.54 Å². The van der Waals surface area contributed by atoms with Crippen LogP contribution in [-0.4, -0.2) is 17.4 Å². The van der Waals surface area contributed by atoms with E-state index < -0.39 is 0 Å². The summed E-state index contributed by atoms with van der Waals surface area (Å²) in [4.78, 5) is 15.8. The van der Waals surface area contributed by atoms with E-state index in [0.717, 1.165) is 31.5 Å². The second kappa shape index (κ2) is 5.10. The Bertz CT molecular complexity index is 355. The molecule has 0 radical (unpaired) electrons. The van der Waals surface area contributed by atoms with E-state index in [2.05, 4.69) is 16.4 Å². The second-order valence-corrected chi connectivity index (χ2v) is 4.48.